The fourth-order valence-electron chi connectivity index (χ4n) is 4.50. The van der Waals surface area contributed by atoms with Crippen molar-refractivity contribution in [3.63, 3.8) is 0 Å². The van der Waals surface area contributed by atoms with Crippen LogP contribution in [0.5, 0.6) is 0 Å². The monoisotopic (exact) mass is 345 g/mol. The Morgan fingerprint density at radius 2 is 1.77 bits per heavy atom. The zero-order valence-corrected chi connectivity index (χ0v) is 14.8. The molecule has 0 saturated carbocycles. The summed E-state index contributed by atoms with van der Waals surface area (Å²) in [4.78, 5) is 4.76. The van der Waals surface area contributed by atoms with Crippen LogP contribution in [0.1, 0.15) is 65.7 Å². The summed E-state index contributed by atoms with van der Waals surface area (Å²) in [5.74, 6) is 1.66. The van der Waals surface area contributed by atoms with Crippen molar-refractivity contribution in [2.24, 2.45) is 5.73 Å². The molecule has 4 nitrogen and oxygen atoms in total. The van der Waals surface area contributed by atoms with Crippen molar-refractivity contribution in [2.45, 2.75) is 50.5 Å². The Labute approximate surface area is 153 Å². The molecular formula is C22H23N3O. The summed E-state index contributed by atoms with van der Waals surface area (Å²) >= 11 is 0. The molecule has 0 amide bonds. The van der Waals surface area contributed by atoms with Gasteiger partial charge in [0.2, 0.25) is 0 Å². The third-order valence-corrected chi connectivity index (χ3v) is 5.87. The van der Waals surface area contributed by atoms with Gasteiger partial charge >= 0.3 is 0 Å². The van der Waals surface area contributed by atoms with Crippen molar-refractivity contribution < 1.29 is 4.52 Å². The first-order valence-corrected chi connectivity index (χ1v) is 9.60. The van der Waals surface area contributed by atoms with Crippen LogP contribution in [0.2, 0.25) is 0 Å². The van der Waals surface area contributed by atoms with Gasteiger partial charge in [-0.25, -0.2) is 0 Å². The average molecular weight is 345 g/mol. The number of fused-ring (bicyclic) bond motifs is 2. The molecule has 26 heavy (non-hydrogen) atoms. The van der Waals surface area contributed by atoms with E-state index in [2.05, 4.69) is 47.6 Å². The maximum atomic E-state index is 6.23. The molecule has 0 saturated heterocycles. The lowest BCUT2D eigenvalue weighted by Gasteiger charge is -2.22. The van der Waals surface area contributed by atoms with E-state index in [4.69, 9.17) is 15.2 Å². The molecule has 2 aliphatic rings. The molecule has 2 atom stereocenters. The Bertz CT molecular complexity index is 946. The number of aromatic nitrogens is 2. The number of nitrogens with zero attached hydrogens (tertiary/aromatic N) is 2. The molecule has 0 spiro atoms. The van der Waals surface area contributed by atoms with E-state index in [9.17, 15) is 0 Å². The highest BCUT2D eigenvalue weighted by Gasteiger charge is 2.26. The molecule has 1 aromatic heterocycles. The number of aryl methyl sites for hydroxylation is 2. The second-order valence-corrected chi connectivity index (χ2v) is 7.51. The summed E-state index contributed by atoms with van der Waals surface area (Å²) in [6.45, 7) is 0. The normalized spacial score (nSPS) is 21.9. The summed E-state index contributed by atoms with van der Waals surface area (Å²) in [7, 11) is 0. The van der Waals surface area contributed by atoms with Gasteiger partial charge in [0, 0.05) is 17.5 Å². The van der Waals surface area contributed by atoms with E-state index < -0.39 is 0 Å². The van der Waals surface area contributed by atoms with Gasteiger partial charge in [0.05, 0.1) is 0 Å². The minimum Gasteiger partial charge on any atom is -0.334 e. The van der Waals surface area contributed by atoms with Gasteiger partial charge in [-0.1, -0.05) is 35.5 Å². The first-order valence-electron chi connectivity index (χ1n) is 9.60. The Kier molecular flexibility index (Phi) is 3.86. The quantitative estimate of drug-likeness (QED) is 0.740. The standard InChI is InChI=1S/C22H23N3O/c23-20-10-4-7-15-13-16(11-12-18(15)20)22-24-21(25-26-22)19-9-3-6-14-5-1-2-8-17(14)19/h1-2,5,8,11-13,19-20H,3-4,6-7,9-10,23H2. The van der Waals surface area contributed by atoms with Crippen LogP contribution in [0.25, 0.3) is 11.5 Å². The highest BCUT2D eigenvalue weighted by atomic mass is 16.5. The van der Waals surface area contributed by atoms with Gasteiger partial charge in [0.1, 0.15) is 0 Å². The first-order chi connectivity index (χ1) is 12.8. The molecule has 0 aliphatic heterocycles. The summed E-state index contributed by atoms with van der Waals surface area (Å²) in [5, 5.41) is 4.33. The number of nitrogens with two attached hydrogens (primary N) is 1. The SMILES string of the molecule is NC1CCCc2cc(-c3nc(C4CCCc5ccccc54)no3)ccc21. The van der Waals surface area contributed by atoms with Gasteiger partial charge < -0.3 is 10.3 Å². The molecule has 2 N–H and O–H groups in total. The summed E-state index contributed by atoms with van der Waals surface area (Å²) in [6, 6.07) is 15.2. The number of hydrogen-bond donors (Lipinski definition) is 1. The van der Waals surface area contributed by atoms with E-state index in [1.165, 1.54) is 28.7 Å². The van der Waals surface area contributed by atoms with Gasteiger partial charge in [0.15, 0.2) is 5.82 Å². The molecule has 4 heteroatoms. The van der Waals surface area contributed by atoms with Crippen molar-refractivity contribution >= 4 is 0 Å². The molecule has 2 unspecified atom stereocenters. The van der Waals surface area contributed by atoms with Crippen LogP contribution >= 0.6 is 0 Å². The Morgan fingerprint density at radius 1 is 0.923 bits per heavy atom. The van der Waals surface area contributed by atoms with Crippen LogP contribution in [-0.2, 0) is 12.8 Å². The van der Waals surface area contributed by atoms with Crippen molar-refractivity contribution in [1.29, 1.82) is 0 Å². The zero-order valence-electron chi connectivity index (χ0n) is 14.8. The summed E-state index contributed by atoms with van der Waals surface area (Å²) in [5.41, 5.74) is 12.6. The van der Waals surface area contributed by atoms with Crippen molar-refractivity contribution in [2.75, 3.05) is 0 Å². The molecule has 2 aliphatic carbocycles. The average Bonchev–Trinajstić information content (AvgIpc) is 3.17. The lowest BCUT2D eigenvalue weighted by atomic mass is 9.82. The zero-order chi connectivity index (χ0) is 17.5. The number of rotatable bonds is 2. The molecule has 2 aromatic carbocycles. The van der Waals surface area contributed by atoms with Crippen molar-refractivity contribution in [1.82, 2.24) is 10.1 Å². The fraction of sp³-hybridized carbons (Fsp3) is 0.364. The number of hydrogen-bond acceptors (Lipinski definition) is 4. The van der Waals surface area contributed by atoms with Gasteiger partial charge in [-0.05, 0) is 72.9 Å². The van der Waals surface area contributed by atoms with Crippen LogP contribution in [-0.4, -0.2) is 10.1 Å². The molecule has 3 aromatic rings. The van der Waals surface area contributed by atoms with Crippen LogP contribution in [0.15, 0.2) is 47.0 Å². The Morgan fingerprint density at radius 3 is 2.73 bits per heavy atom. The van der Waals surface area contributed by atoms with E-state index in [0.717, 1.165) is 43.5 Å². The van der Waals surface area contributed by atoms with Crippen molar-refractivity contribution in [3.8, 4) is 11.5 Å². The highest BCUT2D eigenvalue weighted by molar-refractivity contribution is 5.57. The smallest absolute Gasteiger partial charge is 0.257 e. The molecule has 5 rings (SSSR count). The molecular weight excluding hydrogens is 322 g/mol. The maximum absolute atomic E-state index is 6.23. The van der Waals surface area contributed by atoms with E-state index >= 15 is 0 Å². The van der Waals surface area contributed by atoms with Crippen LogP contribution in [0.3, 0.4) is 0 Å². The lowest BCUT2D eigenvalue weighted by Crippen LogP contribution is -2.17. The van der Waals surface area contributed by atoms with Crippen LogP contribution in [0.4, 0.5) is 0 Å². The Hall–Kier alpha value is -2.46. The largest absolute Gasteiger partial charge is 0.334 e. The Balaban J connectivity index is 1.48. The summed E-state index contributed by atoms with van der Waals surface area (Å²) < 4.78 is 5.64. The summed E-state index contributed by atoms with van der Waals surface area (Å²) in [6.07, 6.45) is 6.68. The lowest BCUT2D eigenvalue weighted by molar-refractivity contribution is 0.415. The van der Waals surface area contributed by atoms with Crippen LogP contribution in [0, 0.1) is 0 Å². The van der Waals surface area contributed by atoms with Crippen molar-refractivity contribution in [3.05, 3.63) is 70.5 Å². The van der Waals surface area contributed by atoms with Gasteiger partial charge in [-0.15, -0.1) is 0 Å². The van der Waals surface area contributed by atoms with E-state index in [1.54, 1.807) is 0 Å². The van der Waals surface area contributed by atoms with Crippen LogP contribution < -0.4 is 5.73 Å². The van der Waals surface area contributed by atoms with Gasteiger partial charge in [-0.3, -0.25) is 0 Å². The van der Waals surface area contributed by atoms with Gasteiger partial charge in [-0.2, -0.15) is 4.98 Å². The predicted octanol–water partition coefficient (Wildman–Crippen LogP) is 4.54. The third kappa shape index (κ3) is 2.65. The molecule has 1 heterocycles. The second-order valence-electron chi connectivity index (χ2n) is 7.51. The second kappa shape index (κ2) is 6.36. The molecule has 0 radical (unpaired) electrons. The van der Waals surface area contributed by atoms with E-state index in [-0.39, 0.29) is 12.0 Å². The third-order valence-electron chi connectivity index (χ3n) is 5.87. The van der Waals surface area contributed by atoms with E-state index in [1.807, 2.05) is 0 Å². The minimum atomic E-state index is 0.157. The predicted molar refractivity (Wildman–Crippen MR) is 101 cm³/mol. The van der Waals surface area contributed by atoms with Gasteiger partial charge in [0.25, 0.3) is 5.89 Å². The molecule has 0 bridgehead atoms. The first kappa shape index (κ1) is 15.8. The fourth-order valence-corrected chi connectivity index (χ4v) is 4.50. The minimum absolute atomic E-state index is 0.157. The molecule has 0 fully saturated rings. The van der Waals surface area contributed by atoms with E-state index in [0.29, 0.717) is 5.89 Å². The number of benzene rings is 2. The topological polar surface area (TPSA) is 64.9 Å². The maximum Gasteiger partial charge on any atom is 0.257 e. The highest BCUT2D eigenvalue weighted by Crippen LogP contribution is 2.36. The molecule has 132 valence electrons.